The summed E-state index contributed by atoms with van der Waals surface area (Å²) in [6.45, 7) is 5.38. The molecule has 1 aliphatic rings. The van der Waals surface area contributed by atoms with E-state index in [1.165, 1.54) is 5.56 Å². The second-order valence-electron chi connectivity index (χ2n) is 6.29. The largest absolute Gasteiger partial charge is 0.497 e. The molecule has 1 aliphatic heterocycles. The molecular formula is C20H23ClN2O2. The summed E-state index contributed by atoms with van der Waals surface area (Å²) in [5.41, 5.74) is 1.93. The molecule has 1 saturated heterocycles. The molecule has 132 valence electrons. The van der Waals surface area contributed by atoms with E-state index in [1.807, 2.05) is 35.2 Å². The Bertz CT molecular complexity index is 725. The minimum absolute atomic E-state index is 0.0673. The third-order valence-corrected chi connectivity index (χ3v) is 5.07. The van der Waals surface area contributed by atoms with Gasteiger partial charge < -0.3 is 9.64 Å². The van der Waals surface area contributed by atoms with Gasteiger partial charge in [-0.2, -0.15) is 0 Å². The molecule has 1 amide bonds. The monoisotopic (exact) mass is 358 g/mol. The SMILES string of the molecule is COc1cccc(C(=O)N2CCN(C(C)c3ccc(Cl)cc3)CC2)c1. The standard InChI is InChI=1S/C20H23ClN2O2/c1-15(16-6-8-18(21)9-7-16)22-10-12-23(13-11-22)20(24)17-4-3-5-19(14-17)25-2/h3-9,14-15H,10-13H2,1-2H3. The van der Waals surface area contributed by atoms with E-state index in [0.29, 0.717) is 17.4 Å². The summed E-state index contributed by atoms with van der Waals surface area (Å²) in [7, 11) is 1.61. The van der Waals surface area contributed by atoms with Crippen molar-refractivity contribution in [2.24, 2.45) is 0 Å². The Kier molecular flexibility index (Phi) is 5.61. The van der Waals surface area contributed by atoms with Gasteiger partial charge in [0.25, 0.3) is 5.91 Å². The maximum absolute atomic E-state index is 12.7. The molecule has 0 bridgehead atoms. The van der Waals surface area contributed by atoms with Crippen LogP contribution in [0.3, 0.4) is 0 Å². The Labute approximate surface area is 154 Å². The van der Waals surface area contributed by atoms with Crippen LogP contribution >= 0.6 is 11.6 Å². The van der Waals surface area contributed by atoms with Crippen molar-refractivity contribution in [1.82, 2.24) is 9.80 Å². The minimum Gasteiger partial charge on any atom is -0.497 e. The number of hydrogen-bond acceptors (Lipinski definition) is 3. The van der Waals surface area contributed by atoms with Crippen LogP contribution in [0, 0.1) is 0 Å². The Hall–Kier alpha value is -2.04. The van der Waals surface area contributed by atoms with Crippen LogP contribution in [0.1, 0.15) is 28.9 Å². The van der Waals surface area contributed by atoms with Gasteiger partial charge >= 0.3 is 0 Å². The summed E-state index contributed by atoms with van der Waals surface area (Å²) in [5, 5.41) is 0.754. The summed E-state index contributed by atoms with van der Waals surface area (Å²) in [4.78, 5) is 17.0. The topological polar surface area (TPSA) is 32.8 Å². The predicted octanol–water partition coefficient (Wildman–Crippen LogP) is 3.87. The number of amides is 1. The number of methoxy groups -OCH3 is 1. The van der Waals surface area contributed by atoms with E-state index in [1.54, 1.807) is 13.2 Å². The van der Waals surface area contributed by atoms with E-state index in [2.05, 4.69) is 24.0 Å². The molecule has 0 aliphatic carbocycles. The van der Waals surface area contributed by atoms with Crippen molar-refractivity contribution in [3.8, 4) is 5.75 Å². The maximum atomic E-state index is 12.7. The Morgan fingerprint density at radius 3 is 2.40 bits per heavy atom. The lowest BCUT2D eigenvalue weighted by Gasteiger charge is -2.38. The first-order valence-corrected chi connectivity index (χ1v) is 8.89. The summed E-state index contributed by atoms with van der Waals surface area (Å²) in [5.74, 6) is 0.776. The molecule has 0 saturated carbocycles. The first-order chi connectivity index (χ1) is 12.1. The molecule has 1 atom stereocenters. The zero-order chi connectivity index (χ0) is 17.8. The van der Waals surface area contributed by atoms with Gasteiger partial charge in [-0.15, -0.1) is 0 Å². The summed E-state index contributed by atoms with van der Waals surface area (Å²) in [6, 6.07) is 15.6. The van der Waals surface area contributed by atoms with Crippen molar-refractivity contribution >= 4 is 17.5 Å². The maximum Gasteiger partial charge on any atom is 0.254 e. The van der Waals surface area contributed by atoms with Gasteiger partial charge in [0.2, 0.25) is 0 Å². The highest BCUT2D eigenvalue weighted by Gasteiger charge is 2.25. The smallest absolute Gasteiger partial charge is 0.254 e. The van der Waals surface area contributed by atoms with Crippen LogP contribution in [0.2, 0.25) is 5.02 Å². The molecule has 2 aromatic rings. The number of carbonyl (C=O) groups excluding carboxylic acids is 1. The Morgan fingerprint density at radius 1 is 1.08 bits per heavy atom. The van der Waals surface area contributed by atoms with Crippen LogP contribution in [0.25, 0.3) is 0 Å². The zero-order valence-corrected chi connectivity index (χ0v) is 15.4. The second kappa shape index (κ2) is 7.89. The quantitative estimate of drug-likeness (QED) is 0.831. The van der Waals surface area contributed by atoms with Gasteiger partial charge in [0.1, 0.15) is 5.75 Å². The van der Waals surface area contributed by atoms with Crippen molar-refractivity contribution < 1.29 is 9.53 Å². The van der Waals surface area contributed by atoms with Crippen molar-refractivity contribution in [1.29, 1.82) is 0 Å². The van der Waals surface area contributed by atoms with Crippen LogP contribution in [0.5, 0.6) is 5.75 Å². The molecule has 25 heavy (non-hydrogen) atoms. The van der Waals surface area contributed by atoms with Crippen LogP contribution in [0.15, 0.2) is 48.5 Å². The average molecular weight is 359 g/mol. The molecule has 1 heterocycles. The number of ether oxygens (including phenoxy) is 1. The van der Waals surface area contributed by atoms with Gasteiger partial charge in [-0.1, -0.05) is 29.8 Å². The fraction of sp³-hybridized carbons (Fsp3) is 0.350. The van der Waals surface area contributed by atoms with Crippen molar-refractivity contribution in [3.63, 3.8) is 0 Å². The van der Waals surface area contributed by atoms with E-state index in [-0.39, 0.29) is 5.91 Å². The normalized spacial score (nSPS) is 16.5. The minimum atomic E-state index is 0.0673. The van der Waals surface area contributed by atoms with Gasteiger partial charge in [0.05, 0.1) is 7.11 Å². The van der Waals surface area contributed by atoms with Gasteiger partial charge in [0.15, 0.2) is 0 Å². The average Bonchev–Trinajstić information content (AvgIpc) is 2.67. The Morgan fingerprint density at radius 2 is 1.76 bits per heavy atom. The lowest BCUT2D eigenvalue weighted by molar-refractivity contribution is 0.0582. The van der Waals surface area contributed by atoms with E-state index in [9.17, 15) is 4.79 Å². The van der Waals surface area contributed by atoms with E-state index in [4.69, 9.17) is 16.3 Å². The molecule has 2 aromatic carbocycles. The molecule has 0 aromatic heterocycles. The summed E-state index contributed by atoms with van der Waals surface area (Å²) < 4.78 is 5.21. The fourth-order valence-corrected chi connectivity index (χ4v) is 3.33. The zero-order valence-electron chi connectivity index (χ0n) is 14.6. The number of hydrogen-bond donors (Lipinski definition) is 0. The highest BCUT2D eigenvalue weighted by molar-refractivity contribution is 6.30. The predicted molar refractivity (Wildman–Crippen MR) is 100 cm³/mol. The third kappa shape index (κ3) is 4.14. The first-order valence-electron chi connectivity index (χ1n) is 8.51. The van der Waals surface area contributed by atoms with Crippen molar-refractivity contribution in [2.45, 2.75) is 13.0 Å². The number of rotatable bonds is 4. The van der Waals surface area contributed by atoms with Crippen molar-refractivity contribution in [2.75, 3.05) is 33.3 Å². The van der Waals surface area contributed by atoms with Gasteiger partial charge in [-0.3, -0.25) is 9.69 Å². The molecule has 3 rings (SSSR count). The number of piperazine rings is 1. The first kappa shape index (κ1) is 17.8. The van der Waals surface area contributed by atoms with Gasteiger partial charge in [-0.05, 0) is 42.8 Å². The van der Waals surface area contributed by atoms with E-state index < -0.39 is 0 Å². The summed E-state index contributed by atoms with van der Waals surface area (Å²) in [6.07, 6.45) is 0. The van der Waals surface area contributed by atoms with Crippen LogP contribution < -0.4 is 4.74 Å². The van der Waals surface area contributed by atoms with Crippen LogP contribution in [-0.4, -0.2) is 49.0 Å². The molecule has 1 unspecified atom stereocenters. The molecule has 0 spiro atoms. The highest BCUT2D eigenvalue weighted by Crippen LogP contribution is 2.24. The van der Waals surface area contributed by atoms with Crippen molar-refractivity contribution in [3.05, 3.63) is 64.7 Å². The Balaban J connectivity index is 1.61. The van der Waals surface area contributed by atoms with Crippen LogP contribution in [-0.2, 0) is 0 Å². The molecule has 4 nitrogen and oxygen atoms in total. The van der Waals surface area contributed by atoms with Gasteiger partial charge in [0, 0.05) is 42.8 Å². The summed E-state index contributed by atoms with van der Waals surface area (Å²) >= 11 is 5.97. The molecular weight excluding hydrogens is 336 g/mol. The second-order valence-corrected chi connectivity index (χ2v) is 6.72. The van der Waals surface area contributed by atoms with Gasteiger partial charge in [-0.25, -0.2) is 0 Å². The third-order valence-electron chi connectivity index (χ3n) is 4.82. The van der Waals surface area contributed by atoms with Crippen LogP contribution in [0.4, 0.5) is 0 Å². The lowest BCUT2D eigenvalue weighted by atomic mass is 10.1. The number of carbonyl (C=O) groups is 1. The number of halogens is 1. The lowest BCUT2D eigenvalue weighted by Crippen LogP contribution is -2.49. The molecule has 0 radical (unpaired) electrons. The number of benzene rings is 2. The van der Waals surface area contributed by atoms with E-state index in [0.717, 1.165) is 31.2 Å². The molecule has 1 fully saturated rings. The number of nitrogens with zero attached hydrogens (tertiary/aromatic N) is 2. The molecule has 0 N–H and O–H groups in total. The fourth-order valence-electron chi connectivity index (χ4n) is 3.20. The molecule has 5 heteroatoms. The highest BCUT2D eigenvalue weighted by atomic mass is 35.5. The van der Waals surface area contributed by atoms with E-state index >= 15 is 0 Å².